The molecule has 138 valence electrons. The van der Waals surface area contributed by atoms with Gasteiger partial charge in [0.1, 0.15) is 5.75 Å². The standard InChI is InChI=1S/C20H31N3O2/c1-23(2)19(15-5-4-6-18(12-15)25-3)13-21-20(24)11-14-9-16-7-8-17(10-14)22-16/h4-6,12,14,16-17,19,22H,7-11,13H2,1-3H3,(H,21,24). The van der Waals surface area contributed by atoms with E-state index in [1.54, 1.807) is 7.11 Å². The first-order valence-corrected chi connectivity index (χ1v) is 9.38. The van der Waals surface area contributed by atoms with Gasteiger partial charge in [0.05, 0.1) is 13.2 Å². The molecule has 3 unspecified atom stereocenters. The van der Waals surface area contributed by atoms with E-state index in [4.69, 9.17) is 4.74 Å². The molecule has 25 heavy (non-hydrogen) atoms. The zero-order chi connectivity index (χ0) is 17.8. The minimum absolute atomic E-state index is 0.142. The van der Waals surface area contributed by atoms with Crippen molar-refractivity contribution in [3.05, 3.63) is 29.8 Å². The van der Waals surface area contributed by atoms with E-state index >= 15 is 0 Å². The van der Waals surface area contributed by atoms with Crippen LogP contribution in [0.4, 0.5) is 0 Å². The predicted octanol–water partition coefficient (Wildman–Crippen LogP) is 2.33. The van der Waals surface area contributed by atoms with E-state index in [0.717, 1.165) is 24.2 Å². The van der Waals surface area contributed by atoms with Gasteiger partial charge in [-0.05, 0) is 63.4 Å². The number of fused-ring (bicyclic) bond motifs is 2. The largest absolute Gasteiger partial charge is 0.497 e. The van der Waals surface area contributed by atoms with Crippen LogP contribution in [0.2, 0.25) is 0 Å². The predicted molar refractivity (Wildman–Crippen MR) is 99.7 cm³/mol. The highest BCUT2D eigenvalue weighted by atomic mass is 16.5. The van der Waals surface area contributed by atoms with Crippen LogP contribution in [0.25, 0.3) is 0 Å². The molecule has 2 aliphatic heterocycles. The molecule has 1 aromatic carbocycles. The van der Waals surface area contributed by atoms with Crippen molar-refractivity contribution < 1.29 is 9.53 Å². The molecule has 2 saturated heterocycles. The average Bonchev–Trinajstić information content (AvgIpc) is 2.93. The minimum atomic E-state index is 0.142. The molecular formula is C20H31N3O2. The number of amides is 1. The highest BCUT2D eigenvalue weighted by Crippen LogP contribution is 2.32. The lowest BCUT2D eigenvalue weighted by atomic mass is 9.89. The molecule has 0 saturated carbocycles. The van der Waals surface area contributed by atoms with E-state index in [2.05, 4.69) is 21.6 Å². The zero-order valence-corrected chi connectivity index (χ0v) is 15.6. The number of ether oxygens (including phenoxy) is 1. The summed E-state index contributed by atoms with van der Waals surface area (Å²) in [6.07, 6.45) is 5.52. The molecule has 3 atom stereocenters. The van der Waals surface area contributed by atoms with E-state index < -0.39 is 0 Å². The topological polar surface area (TPSA) is 53.6 Å². The van der Waals surface area contributed by atoms with E-state index in [-0.39, 0.29) is 11.9 Å². The molecule has 1 aromatic rings. The third-order valence-electron chi connectivity index (χ3n) is 5.64. The lowest BCUT2D eigenvalue weighted by Crippen LogP contribution is -2.40. The van der Waals surface area contributed by atoms with Crippen LogP contribution in [-0.4, -0.2) is 50.6 Å². The number of hydrogen-bond acceptors (Lipinski definition) is 4. The molecule has 0 aliphatic carbocycles. The van der Waals surface area contributed by atoms with Crippen molar-refractivity contribution in [3.8, 4) is 5.75 Å². The van der Waals surface area contributed by atoms with Crippen LogP contribution in [0.5, 0.6) is 5.75 Å². The summed E-state index contributed by atoms with van der Waals surface area (Å²) in [6.45, 7) is 0.622. The summed E-state index contributed by atoms with van der Waals surface area (Å²) in [5.41, 5.74) is 1.16. The van der Waals surface area contributed by atoms with Crippen LogP contribution in [0.1, 0.15) is 43.7 Å². The number of rotatable bonds is 7. The third kappa shape index (κ3) is 4.73. The summed E-state index contributed by atoms with van der Waals surface area (Å²) < 4.78 is 5.33. The molecule has 2 bridgehead atoms. The van der Waals surface area contributed by atoms with Crippen molar-refractivity contribution in [2.45, 2.75) is 50.2 Å². The van der Waals surface area contributed by atoms with Gasteiger partial charge in [-0.1, -0.05) is 12.1 Å². The number of piperidine rings is 1. The normalized spacial score (nSPS) is 26.5. The summed E-state index contributed by atoms with van der Waals surface area (Å²) in [7, 11) is 5.76. The van der Waals surface area contributed by atoms with E-state index in [1.165, 1.54) is 12.8 Å². The molecule has 2 N–H and O–H groups in total. The molecule has 5 heteroatoms. The Kier molecular flexibility index (Phi) is 5.97. The van der Waals surface area contributed by atoms with Crippen molar-refractivity contribution in [1.82, 2.24) is 15.5 Å². The Balaban J connectivity index is 1.53. The maximum atomic E-state index is 12.5. The third-order valence-corrected chi connectivity index (χ3v) is 5.64. The minimum Gasteiger partial charge on any atom is -0.497 e. The Morgan fingerprint density at radius 2 is 2.04 bits per heavy atom. The number of methoxy groups -OCH3 is 1. The molecule has 0 radical (unpaired) electrons. The molecule has 2 aliphatic rings. The lowest BCUT2D eigenvalue weighted by Gasteiger charge is -2.29. The van der Waals surface area contributed by atoms with E-state index in [0.29, 0.717) is 31.0 Å². The highest BCUT2D eigenvalue weighted by molar-refractivity contribution is 5.76. The first-order chi connectivity index (χ1) is 12.0. The summed E-state index contributed by atoms with van der Waals surface area (Å²) in [5.74, 6) is 1.57. The maximum absolute atomic E-state index is 12.5. The summed E-state index contributed by atoms with van der Waals surface area (Å²) in [5, 5.41) is 6.80. The highest BCUT2D eigenvalue weighted by Gasteiger charge is 2.34. The number of carbonyl (C=O) groups is 1. The molecule has 0 spiro atoms. The monoisotopic (exact) mass is 345 g/mol. The van der Waals surface area contributed by atoms with Gasteiger partial charge in [0.15, 0.2) is 0 Å². The first-order valence-electron chi connectivity index (χ1n) is 9.38. The number of hydrogen-bond donors (Lipinski definition) is 2. The Morgan fingerprint density at radius 3 is 2.68 bits per heavy atom. The van der Waals surface area contributed by atoms with Crippen LogP contribution in [0.3, 0.4) is 0 Å². The van der Waals surface area contributed by atoms with Crippen LogP contribution in [-0.2, 0) is 4.79 Å². The summed E-state index contributed by atoms with van der Waals surface area (Å²) >= 11 is 0. The smallest absolute Gasteiger partial charge is 0.220 e. The molecule has 0 aromatic heterocycles. The Bertz CT molecular complexity index is 578. The van der Waals surface area contributed by atoms with Gasteiger partial charge in [-0.25, -0.2) is 0 Å². The zero-order valence-electron chi connectivity index (χ0n) is 15.6. The van der Waals surface area contributed by atoms with E-state index in [9.17, 15) is 4.79 Å². The van der Waals surface area contributed by atoms with Crippen molar-refractivity contribution >= 4 is 5.91 Å². The van der Waals surface area contributed by atoms with Gasteiger partial charge < -0.3 is 20.3 Å². The van der Waals surface area contributed by atoms with Crippen molar-refractivity contribution in [2.75, 3.05) is 27.7 Å². The Morgan fingerprint density at radius 1 is 1.32 bits per heavy atom. The molecule has 2 heterocycles. The fourth-order valence-corrected chi connectivity index (χ4v) is 4.33. The molecule has 5 nitrogen and oxygen atoms in total. The number of nitrogens with zero attached hydrogens (tertiary/aromatic N) is 1. The van der Waals surface area contributed by atoms with Gasteiger partial charge >= 0.3 is 0 Å². The number of benzene rings is 1. The Hall–Kier alpha value is -1.59. The second-order valence-electron chi connectivity index (χ2n) is 7.74. The average molecular weight is 345 g/mol. The number of nitrogens with one attached hydrogen (secondary N) is 2. The fourth-order valence-electron chi connectivity index (χ4n) is 4.33. The molecule has 2 fully saturated rings. The summed E-state index contributed by atoms with van der Waals surface area (Å²) in [6, 6.07) is 9.50. The van der Waals surface area contributed by atoms with Crippen molar-refractivity contribution in [3.63, 3.8) is 0 Å². The summed E-state index contributed by atoms with van der Waals surface area (Å²) in [4.78, 5) is 14.6. The number of carbonyl (C=O) groups excluding carboxylic acids is 1. The van der Waals surface area contributed by atoms with Crippen LogP contribution in [0, 0.1) is 5.92 Å². The van der Waals surface area contributed by atoms with E-state index in [1.807, 2.05) is 32.3 Å². The van der Waals surface area contributed by atoms with Crippen molar-refractivity contribution in [2.24, 2.45) is 5.92 Å². The second-order valence-corrected chi connectivity index (χ2v) is 7.74. The quantitative estimate of drug-likeness (QED) is 0.796. The maximum Gasteiger partial charge on any atom is 0.220 e. The van der Waals surface area contributed by atoms with Gasteiger partial charge in [-0.3, -0.25) is 4.79 Å². The van der Waals surface area contributed by atoms with Crippen LogP contribution >= 0.6 is 0 Å². The van der Waals surface area contributed by atoms with Gasteiger partial charge in [-0.15, -0.1) is 0 Å². The fraction of sp³-hybridized carbons (Fsp3) is 0.650. The molecular weight excluding hydrogens is 314 g/mol. The second kappa shape index (κ2) is 8.19. The van der Waals surface area contributed by atoms with Crippen LogP contribution in [0.15, 0.2) is 24.3 Å². The SMILES string of the molecule is COc1cccc(C(CNC(=O)CC2CC3CCC(C2)N3)N(C)C)c1. The molecule has 3 rings (SSSR count). The molecule has 1 amide bonds. The van der Waals surface area contributed by atoms with Crippen molar-refractivity contribution in [1.29, 1.82) is 0 Å². The Labute approximate surface area is 151 Å². The van der Waals surface area contributed by atoms with Gasteiger partial charge in [0.2, 0.25) is 5.91 Å². The van der Waals surface area contributed by atoms with Crippen LogP contribution < -0.4 is 15.4 Å². The van der Waals surface area contributed by atoms with Gasteiger partial charge in [-0.2, -0.15) is 0 Å². The number of likely N-dealkylation sites (N-methyl/N-ethyl adjacent to an activating group) is 1. The first kappa shape index (κ1) is 18.2. The van der Waals surface area contributed by atoms with Gasteiger partial charge in [0.25, 0.3) is 0 Å². The lowest BCUT2D eigenvalue weighted by molar-refractivity contribution is -0.122. The van der Waals surface area contributed by atoms with Gasteiger partial charge in [0, 0.05) is 25.0 Å².